The molecule has 29 heavy (non-hydrogen) atoms. The molecule has 6 nitrogen and oxygen atoms in total. The number of nitrogens with two attached hydrogens (primary N) is 1. The predicted octanol–water partition coefficient (Wildman–Crippen LogP) is 3.10. The fourth-order valence-corrected chi connectivity index (χ4v) is 3.59. The fraction of sp³-hybridized carbons (Fsp3) is 0.391. The Hall–Kier alpha value is -2.86. The van der Waals surface area contributed by atoms with Crippen LogP contribution in [-0.2, 0) is 4.79 Å². The number of nitrogens with one attached hydrogen (secondary N) is 1. The quantitative estimate of drug-likeness (QED) is 0.673. The molecule has 0 radical (unpaired) electrons. The number of carbonyl (C=O) groups is 2. The van der Waals surface area contributed by atoms with Gasteiger partial charge in [-0.2, -0.15) is 0 Å². The predicted molar refractivity (Wildman–Crippen MR) is 113 cm³/mol. The van der Waals surface area contributed by atoms with Crippen LogP contribution in [0.15, 0.2) is 48.5 Å². The van der Waals surface area contributed by atoms with Crippen LogP contribution >= 0.6 is 0 Å². The molecule has 1 saturated heterocycles. The molecule has 0 spiro atoms. The smallest absolute Gasteiger partial charge is 0.251 e. The Morgan fingerprint density at radius 3 is 2.69 bits per heavy atom. The van der Waals surface area contributed by atoms with Crippen molar-refractivity contribution in [3.63, 3.8) is 0 Å². The summed E-state index contributed by atoms with van der Waals surface area (Å²) in [5, 5.41) is 2.95. The summed E-state index contributed by atoms with van der Waals surface area (Å²) in [6.07, 6.45) is 2.72. The largest absolute Gasteiger partial charge is 0.457 e. The minimum Gasteiger partial charge on any atom is -0.457 e. The molecule has 2 aromatic rings. The summed E-state index contributed by atoms with van der Waals surface area (Å²) >= 11 is 0. The van der Waals surface area contributed by atoms with Gasteiger partial charge < -0.3 is 20.7 Å². The third kappa shape index (κ3) is 6.32. The number of carbonyl (C=O) groups excluding carboxylic acids is 2. The van der Waals surface area contributed by atoms with Crippen molar-refractivity contribution in [2.75, 3.05) is 26.2 Å². The number of rotatable bonds is 8. The maximum absolute atomic E-state index is 12.3. The number of amides is 2. The van der Waals surface area contributed by atoms with Gasteiger partial charge in [-0.05, 0) is 81.2 Å². The SMILES string of the molecule is Cc1cccc(Oc2ccc(C(=O)NCCCN3CCC[C@H](C(N)=O)C3)cc2)c1. The van der Waals surface area contributed by atoms with E-state index >= 15 is 0 Å². The van der Waals surface area contributed by atoms with E-state index in [1.165, 1.54) is 0 Å². The van der Waals surface area contributed by atoms with E-state index in [0.29, 0.717) is 17.9 Å². The van der Waals surface area contributed by atoms with Crippen LogP contribution in [0.2, 0.25) is 0 Å². The Labute approximate surface area is 172 Å². The van der Waals surface area contributed by atoms with Crippen molar-refractivity contribution in [2.45, 2.75) is 26.2 Å². The summed E-state index contributed by atoms with van der Waals surface area (Å²) in [4.78, 5) is 25.9. The molecule has 0 aliphatic carbocycles. The molecule has 0 aromatic heterocycles. The summed E-state index contributed by atoms with van der Waals surface area (Å²) < 4.78 is 5.81. The van der Waals surface area contributed by atoms with Crippen LogP contribution in [-0.4, -0.2) is 42.9 Å². The van der Waals surface area contributed by atoms with Gasteiger partial charge in [0.2, 0.25) is 5.91 Å². The highest BCUT2D eigenvalue weighted by molar-refractivity contribution is 5.94. The Bertz CT molecular complexity index is 836. The van der Waals surface area contributed by atoms with Crippen molar-refractivity contribution in [1.29, 1.82) is 0 Å². The maximum Gasteiger partial charge on any atom is 0.251 e. The van der Waals surface area contributed by atoms with E-state index in [9.17, 15) is 9.59 Å². The number of likely N-dealkylation sites (tertiary alicyclic amines) is 1. The van der Waals surface area contributed by atoms with E-state index in [1.807, 2.05) is 31.2 Å². The molecule has 3 rings (SSSR count). The van der Waals surface area contributed by atoms with Crippen molar-refractivity contribution < 1.29 is 14.3 Å². The van der Waals surface area contributed by atoms with Crippen molar-refractivity contribution in [3.8, 4) is 11.5 Å². The third-order valence-corrected chi connectivity index (χ3v) is 5.19. The zero-order valence-corrected chi connectivity index (χ0v) is 16.9. The second-order valence-electron chi connectivity index (χ2n) is 7.59. The second-order valence-corrected chi connectivity index (χ2v) is 7.59. The normalized spacial score (nSPS) is 16.9. The molecule has 1 heterocycles. The summed E-state index contributed by atoms with van der Waals surface area (Å²) in [5.74, 6) is 1.12. The fourth-order valence-electron chi connectivity index (χ4n) is 3.59. The highest BCUT2D eigenvalue weighted by Crippen LogP contribution is 2.22. The Morgan fingerprint density at radius 2 is 1.97 bits per heavy atom. The maximum atomic E-state index is 12.3. The van der Waals surface area contributed by atoms with Gasteiger partial charge >= 0.3 is 0 Å². The summed E-state index contributed by atoms with van der Waals surface area (Å²) in [5.41, 5.74) is 7.15. The molecular weight excluding hydrogens is 366 g/mol. The molecule has 1 aliphatic heterocycles. The topological polar surface area (TPSA) is 84.7 Å². The van der Waals surface area contributed by atoms with Gasteiger partial charge in [-0.3, -0.25) is 9.59 Å². The molecule has 0 unspecified atom stereocenters. The van der Waals surface area contributed by atoms with Crippen LogP contribution in [0.3, 0.4) is 0 Å². The molecule has 1 atom stereocenters. The third-order valence-electron chi connectivity index (χ3n) is 5.19. The molecule has 3 N–H and O–H groups in total. The number of primary amides is 1. The van der Waals surface area contributed by atoms with Gasteiger partial charge in [0.05, 0.1) is 5.92 Å². The minimum absolute atomic E-state index is 0.0427. The van der Waals surface area contributed by atoms with Crippen LogP contribution in [0.25, 0.3) is 0 Å². The van der Waals surface area contributed by atoms with Gasteiger partial charge in [0, 0.05) is 18.7 Å². The minimum atomic E-state index is -0.210. The molecule has 6 heteroatoms. The average Bonchev–Trinajstić information content (AvgIpc) is 2.72. The van der Waals surface area contributed by atoms with Crippen LogP contribution in [0.4, 0.5) is 0 Å². The lowest BCUT2D eigenvalue weighted by atomic mass is 9.97. The number of nitrogens with zero attached hydrogens (tertiary/aromatic N) is 1. The molecule has 154 valence electrons. The first-order chi connectivity index (χ1) is 14.0. The van der Waals surface area contributed by atoms with Gasteiger partial charge in [-0.1, -0.05) is 12.1 Å². The van der Waals surface area contributed by atoms with Gasteiger partial charge in [0.25, 0.3) is 5.91 Å². The Kier molecular flexibility index (Phi) is 7.25. The Balaban J connectivity index is 1.41. The number of hydrogen-bond donors (Lipinski definition) is 2. The number of hydrogen-bond acceptors (Lipinski definition) is 4. The van der Waals surface area contributed by atoms with E-state index in [-0.39, 0.29) is 17.7 Å². The molecule has 2 amide bonds. The van der Waals surface area contributed by atoms with E-state index in [0.717, 1.165) is 50.2 Å². The summed E-state index contributed by atoms with van der Waals surface area (Å²) in [7, 11) is 0. The second kappa shape index (κ2) is 10.1. The summed E-state index contributed by atoms with van der Waals surface area (Å²) in [6, 6.07) is 15.0. The molecule has 2 aromatic carbocycles. The molecule has 0 saturated carbocycles. The van der Waals surface area contributed by atoms with E-state index in [2.05, 4.69) is 10.2 Å². The van der Waals surface area contributed by atoms with Crippen LogP contribution in [0.5, 0.6) is 11.5 Å². The lowest BCUT2D eigenvalue weighted by Gasteiger charge is -2.31. The van der Waals surface area contributed by atoms with Crippen molar-refractivity contribution >= 4 is 11.8 Å². The number of ether oxygens (including phenoxy) is 1. The van der Waals surface area contributed by atoms with Gasteiger partial charge in [0.1, 0.15) is 11.5 Å². The van der Waals surface area contributed by atoms with Crippen LogP contribution < -0.4 is 15.8 Å². The first-order valence-electron chi connectivity index (χ1n) is 10.2. The van der Waals surface area contributed by atoms with E-state index in [4.69, 9.17) is 10.5 Å². The van der Waals surface area contributed by atoms with Gasteiger partial charge in [0.15, 0.2) is 0 Å². The lowest BCUT2D eigenvalue weighted by molar-refractivity contribution is -0.123. The van der Waals surface area contributed by atoms with Crippen molar-refractivity contribution in [3.05, 3.63) is 59.7 Å². The molecule has 1 fully saturated rings. The average molecular weight is 396 g/mol. The Morgan fingerprint density at radius 1 is 1.17 bits per heavy atom. The van der Waals surface area contributed by atoms with Crippen LogP contribution in [0, 0.1) is 12.8 Å². The monoisotopic (exact) mass is 395 g/mol. The zero-order chi connectivity index (χ0) is 20.6. The summed E-state index contributed by atoms with van der Waals surface area (Å²) in [6.45, 7) is 5.18. The van der Waals surface area contributed by atoms with E-state index < -0.39 is 0 Å². The van der Waals surface area contributed by atoms with E-state index in [1.54, 1.807) is 24.3 Å². The standard InChI is InChI=1S/C23H29N3O3/c1-17-5-2-7-21(15-17)29-20-10-8-18(9-11-20)23(28)25-12-4-14-26-13-3-6-19(16-26)22(24)27/h2,5,7-11,15,19H,3-4,6,12-14,16H2,1H3,(H2,24,27)(H,25,28)/t19-/m0/s1. The number of benzene rings is 2. The number of piperidine rings is 1. The highest BCUT2D eigenvalue weighted by Gasteiger charge is 2.23. The van der Waals surface area contributed by atoms with Gasteiger partial charge in [-0.25, -0.2) is 0 Å². The first-order valence-corrected chi connectivity index (χ1v) is 10.2. The lowest BCUT2D eigenvalue weighted by Crippen LogP contribution is -2.42. The first kappa shape index (κ1) is 20.9. The highest BCUT2D eigenvalue weighted by atomic mass is 16.5. The van der Waals surface area contributed by atoms with Crippen molar-refractivity contribution in [1.82, 2.24) is 10.2 Å². The molecular formula is C23H29N3O3. The van der Waals surface area contributed by atoms with Gasteiger partial charge in [-0.15, -0.1) is 0 Å². The molecule has 0 bridgehead atoms. The van der Waals surface area contributed by atoms with Crippen LogP contribution in [0.1, 0.15) is 35.2 Å². The zero-order valence-electron chi connectivity index (χ0n) is 16.9. The van der Waals surface area contributed by atoms with Crippen molar-refractivity contribution in [2.24, 2.45) is 11.7 Å². The number of aryl methyl sites for hydroxylation is 1. The molecule has 1 aliphatic rings.